The van der Waals surface area contributed by atoms with Gasteiger partial charge < -0.3 is 5.73 Å². The summed E-state index contributed by atoms with van der Waals surface area (Å²) in [6.45, 7) is 0. The molecule has 2 aromatic rings. The predicted molar refractivity (Wildman–Crippen MR) is 98.4 cm³/mol. The lowest BCUT2D eigenvalue weighted by atomic mass is 9.89. The zero-order valence-corrected chi connectivity index (χ0v) is 17.0. The van der Waals surface area contributed by atoms with Crippen molar-refractivity contribution in [1.82, 2.24) is 0 Å². The molecule has 0 aliphatic heterocycles. The van der Waals surface area contributed by atoms with Crippen LogP contribution in [-0.4, -0.2) is 26.8 Å². The summed E-state index contributed by atoms with van der Waals surface area (Å²) in [6, 6.07) is 5.24. The molecule has 1 aliphatic rings. The maximum absolute atomic E-state index is 14.3. The van der Waals surface area contributed by atoms with Crippen LogP contribution in [0.1, 0.15) is 30.4 Å². The standard InChI is InChI=1S/C20H17F8NO2S/c21-14-5-7-16(8-6-14)32(30,31)17(10-9-15(29)11-17)12-1-3-13(4-2-12)18(22,19(23,24)25)20(26,27)28/h1-8,15H,9-11,29H2. The second-order valence-electron chi connectivity index (χ2n) is 7.69. The summed E-state index contributed by atoms with van der Waals surface area (Å²) >= 11 is 0. The first-order valence-corrected chi connectivity index (χ1v) is 10.7. The number of hydrogen-bond donors (Lipinski definition) is 1. The van der Waals surface area contributed by atoms with E-state index in [4.69, 9.17) is 5.73 Å². The second kappa shape index (κ2) is 7.68. The minimum absolute atomic E-state index is 0.0769. The lowest BCUT2D eigenvalue weighted by Gasteiger charge is -2.32. The number of alkyl halides is 7. The summed E-state index contributed by atoms with van der Waals surface area (Å²) in [4.78, 5) is -0.289. The zero-order chi connectivity index (χ0) is 24.2. The molecule has 0 spiro atoms. The first kappa shape index (κ1) is 24.4. The van der Waals surface area contributed by atoms with Crippen LogP contribution in [0.25, 0.3) is 0 Å². The van der Waals surface area contributed by atoms with E-state index < -0.39 is 50.0 Å². The molecule has 12 heteroatoms. The SMILES string of the molecule is NC1CCC(c2ccc(C(F)(C(F)(F)F)C(F)(F)F)cc2)(S(=O)(=O)c2ccc(F)cc2)C1. The van der Waals surface area contributed by atoms with E-state index in [1.54, 1.807) is 0 Å². The van der Waals surface area contributed by atoms with Gasteiger partial charge in [0.25, 0.3) is 0 Å². The smallest absolute Gasteiger partial charge is 0.328 e. The Morgan fingerprint density at radius 1 is 0.844 bits per heavy atom. The van der Waals surface area contributed by atoms with Crippen LogP contribution >= 0.6 is 0 Å². The molecule has 0 saturated heterocycles. The number of sulfone groups is 1. The van der Waals surface area contributed by atoms with Crippen molar-refractivity contribution in [3.8, 4) is 0 Å². The lowest BCUT2D eigenvalue weighted by Crippen LogP contribution is -2.50. The molecule has 0 aromatic heterocycles. The summed E-state index contributed by atoms with van der Waals surface area (Å²) in [7, 11) is -4.29. The maximum atomic E-state index is 14.3. The highest BCUT2D eigenvalue weighted by atomic mass is 32.2. The zero-order valence-electron chi connectivity index (χ0n) is 16.1. The fourth-order valence-corrected chi connectivity index (χ4v) is 6.25. The molecular formula is C20H17F8NO2S. The molecule has 2 aromatic carbocycles. The fraction of sp³-hybridized carbons (Fsp3) is 0.400. The van der Waals surface area contributed by atoms with Gasteiger partial charge >= 0.3 is 18.0 Å². The van der Waals surface area contributed by atoms with Crippen molar-refractivity contribution in [2.45, 2.75) is 53.0 Å². The Labute approximate surface area is 178 Å². The number of halogens is 8. The monoisotopic (exact) mass is 487 g/mol. The van der Waals surface area contributed by atoms with Gasteiger partial charge in [-0.15, -0.1) is 0 Å². The van der Waals surface area contributed by atoms with E-state index in [9.17, 15) is 43.5 Å². The van der Waals surface area contributed by atoms with Crippen molar-refractivity contribution < 1.29 is 43.5 Å². The van der Waals surface area contributed by atoms with Gasteiger partial charge in [-0.3, -0.25) is 0 Å². The van der Waals surface area contributed by atoms with E-state index in [2.05, 4.69) is 0 Å². The van der Waals surface area contributed by atoms with Crippen molar-refractivity contribution in [3.05, 3.63) is 65.5 Å². The molecule has 3 rings (SSSR count). The first-order chi connectivity index (χ1) is 14.6. The van der Waals surface area contributed by atoms with Crippen molar-refractivity contribution >= 4 is 9.84 Å². The van der Waals surface area contributed by atoms with Crippen molar-refractivity contribution in [1.29, 1.82) is 0 Å². The number of rotatable bonds is 4. The van der Waals surface area contributed by atoms with Gasteiger partial charge in [0, 0.05) is 11.6 Å². The molecular weight excluding hydrogens is 470 g/mol. The molecule has 0 amide bonds. The van der Waals surface area contributed by atoms with Crippen LogP contribution in [0.4, 0.5) is 35.1 Å². The molecule has 1 aliphatic carbocycles. The highest BCUT2D eigenvalue weighted by Gasteiger charge is 2.73. The molecule has 0 heterocycles. The third-order valence-corrected chi connectivity index (χ3v) is 8.27. The van der Waals surface area contributed by atoms with Crippen LogP contribution in [0.3, 0.4) is 0 Å². The van der Waals surface area contributed by atoms with Gasteiger partial charge in [-0.05, 0) is 49.1 Å². The summed E-state index contributed by atoms with van der Waals surface area (Å²) in [6.07, 6.45) is -12.6. The fourth-order valence-electron chi connectivity index (χ4n) is 4.04. The number of nitrogens with two attached hydrogens (primary N) is 1. The van der Waals surface area contributed by atoms with E-state index in [0.717, 1.165) is 36.4 Å². The van der Waals surface area contributed by atoms with Gasteiger partial charge in [-0.25, -0.2) is 17.2 Å². The summed E-state index contributed by atoms with van der Waals surface area (Å²) in [5.41, 5.74) is -1.61. The van der Waals surface area contributed by atoms with Gasteiger partial charge in [-0.1, -0.05) is 24.3 Å². The minimum atomic E-state index is -6.29. The van der Waals surface area contributed by atoms with Crippen LogP contribution in [0.15, 0.2) is 53.4 Å². The molecule has 0 bridgehead atoms. The largest absolute Gasteiger partial charge is 0.435 e. The van der Waals surface area contributed by atoms with Gasteiger partial charge in [-0.2, -0.15) is 26.3 Å². The summed E-state index contributed by atoms with van der Waals surface area (Å²) < 4.78 is 131. The maximum Gasteiger partial charge on any atom is 0.435 e. The van der Waals surface area contributed by atoms with Crippen molar-refractivity contribution in [2.75, 3.05) is 0 Å². The Balaban J connectivity index is 2.14. The van der Waals surface area contributed by atoms with Gasteiger partial charge in [0.15, 0.2) is 9.84 Å². The molecule has 2 atom stereocenters. The number of hydrogen-bond acceptors (Lipinski definition) is 3. The van der Waals surface area contributed by atoms with E-state index in [1.165, 1.54) is 0 Å². The first-order valence-electron chi connectivity index (χ1n) is 9.25. The Bertz CT molecular complexity index is 1060. The number of benzene rings is 2. The normalized spacial score (nSPS) is 22.8. The Morgan fingerprint density at radius 2 is 1.34 bits per heavy atom. The third kappa shape index (κ3) is 3.66. The predicted octanol–water partition coefficient (Wildman–Crippen LogP) is 5.30. The lowest BCUT2D eigenvalue weighted by molar-refractivity contribution is -0.348. The van der Waals surface area contributed by atoms with Crippen LogP contribution in [0.2, 0.25) is 0 Å². The van der Waals surface area contributed by atoms with Crippen LogP contribution in [0.5, 0.6) is 0 Å². The average molecular weight is 487 g/mol. The van der Waals surface area contributed by atoms with E-state index in [-0.39, 0.29) is 41.9 Å². The quantitative estimate of drug-likeness (QED) is 0.471. The molecule has 1 saturated carbocycles. The van der Waals surface area contributed by atoms with Crippen LogP contribution < -0.4 is 5.73 Å². The molecule has 32 heavy (non-hydrogen) atoms. The van der Waals surface area contributed by atoms with E-state index in [0.29, 0.717) is 0 Å². The molecule has 0 radical (unpaired) electrons. The highest BCUT2D eigenvalue weighted by Crippen LogP contribution is 2.54. The summed E-state index contributed by atoms with van der Waals surface area (Å²) in [5.74, 6) is -0.705. The molecule has 3 nitrogen and oxygen atoms in total. The average Bonchev–Trinajstić information content (AvgIpc) is 3.09. The minimum Gasteiger partial charge on any atom is -0.328 e. The topological polar surface area (TPSA) is 60.2 Å². The highest BCUT2D eigenvalue weighted by molar-refractivity contribution is 7.92. The Hall–Kier alpha value is -2.21. The molecule has 2 unspecified atom stereocenters. The van der Waals surface area contributed by atoms with Gasteiger partial charge in [0.05, 0.1) is 4.90 Å². The van der Waals surface area contributed by atoms with Crippen molar-refractivity contribution in [2.24, 2.45) is 5.73 Å². The van der Waals surface area contributed by atoms with Gasteiger partial charge in [0.2, 0.25) is 0 Å². The molecule has 2 N–H and O–H groups in total. The Morgan fingerprint density at radius 3 is 1.75 bits per heavy atom. The summed E-state index contributed by atoms with van der Waals surface area (Å²) in [5, 5.41) is 0. The molecule has 176 valence electrons. The van der Waals surface area contributed by atoms with Crippen molar-refractivity contribution in [3.63, 3.8) is 0 Å². The Kier molecular flexibility index (Phi) is 5.87. The van der Waals surface area contributed by atoms with E-state index >= 15 is 0 Å². The van der Waals surface area contributed by atoms with Crippen LogP contribution in [-0.2, 0) is 20.3 Å². The molecule has 1 fully saturated rings. The van der Waals surface area contributed by atoms with Crippen LogP contribution in [0, 0.1) is 5.82 Å². The van der Waals surface area contributed by atoms with E-state index in [1.807, 2.05) is 0 Å². The second-order valence-corrected chi connectivity index (χ2v) is 9.95. The third-order valence-electron chi connectivity index (χ3n) is 5.74. The van der Waals surface area contributed by atoms with Gasteiger partial charge in [0.1, 0.15) is 10.6 Å².